The molecule has 0 saturated heterocycles. The van der Waals surface area contributed by atoms with Gasteiger partial charge in [-0.1, -0.05) is 46.0 Å². The first-order valence-corrected chi connectivity index (χ1v) is 9.10. The Bertz CT molecular complexity index is 328. The molecule has 1 amide bonds. The summed E-state index contributed by atoms with van der Waals surface area (Å²) in [6.07, 6.45) is 11.9. The van der Waals surface area contributed by atoms with Crippen molar-refractivity contribution in [1.29, 1.82) is 0 Å². The van der Waals surface area contributed by atoms with Crippen LogP contribution < -0.4 is 5.73 Å². The van der Waals surface area contributed by atoms with Crippen molar-refractivity contribution in [2.75, 3.05) is 13.1 Å². The van der Waals surface area contributed by atoms with Crippen LogP contribution in [0.15, 0.2) is 0 Å². The van der Waals surface area contributed by atoms with Crippen molar-refractivity contribution in [3.05, 3.63) is 0 Å². The lowest BCUT2D eigenvalue weighted by Gasteiger charge is -2.41. The lowest BCUT2D eigenvalue weighted by atomic mass is 9.76. The van der Waals surface area contributed by atoms with E-state index in [1.165, 1.54) is 44.9 Å². The molecule has 0 aliphatic heterocycles. The maximum Gasteiger partial charge on any atom is 0.229 e. The summed E-state index contributed by atoms with van der Waals surface area (Å²) < 4.78 is 0. The fourth-order valence-corrected chi connectivity index (χ4v) is 4.62. The molecule has 0 heterocycles. The number of carbonyl (C=O) groups excluding carboxylic acids is 1. The van der Waals surface area contributed by atoms with Gasteiger partial charge in [-0.15, -0.1) is 0 Å². The van der Waals surface area contributed by atoms with E-state index in [2.05, 4.69) is 18.7 Å². The molecule has 0 aromatic heterocycles. The maximum atomic E-state index is 13.4. The van der Waals surface area contributed by atoms with Crippen molar-refractivity contribution < 1.29 is 4.79 Å². The Morgan fingerprint density at radius 3 is 2.29 bits per heavy atom. The molecule has 3 heteroatoms. The van der Waals surface area contributed by atoms with Crippen LogP contribution in [0.5, 0.6) is 0 Å². The molecule has 2 fully saturated rings. The van der Waals surface area contributed by atoms with E-state index in [1.807, 2.05) is 0 Å². The molecular formula is C18H34N2O. The minimum Gasteiger partial charge on any atom is -0.338 e. The fourth-order valence-electron chi connectivity index (χ4n) is 4.62. The van der Waals surface area contributed by atoms with E-state index < -0.39 is 0 Å². The molecule has 2 rings (SSSR count). The first kappa shape index (κ1) is 16.8. The average molecular weight is 294 g/mol. The van der Waals surface area contributed by atoms with E-state index in [-0.39, 0.29) is 5.41 Å². The van der Waals surface area contributed by atoms with Crippen LogP contribution in [0, 0.1) is 11.3 Å². The number of rotatable bonds is 6. The molecule has 2 N–H and O–H groups in total. The summed E-state index contributed by atoms with van der Waals surface area (Å²) in [6, 6.07) is 0.458. The van der Waals surface area contributed by atoms with Crippen molar-refractivity contribution in [3.63, 3.8) is 0 Å². The van der Waals surface area contributed by atoms with Gasteiger partial charge in [-0.25, -0.2) is 0 Å². The van der Waals surface area contributed by atoms with Crippen LogP contribution in [0.3, 0.4) is 0 Å². The third kappa shape index (κ3) is 4.00. The number of amides is 1. The average Bonchev–Trinajstić information content (AvgIpc) is 2.94. The molecule has 0 spiro atoms. The molecule has 2 saturated carbocycles. The SMILES string of the molecule is CC(C)CC1(C(=O)N(CCN)C2CCCCC2)CCCC1. The highest BCUT2D eigenvalue weighted by Gasteiger charge is 2.44. The van der Waals surface area contributed by atoms with Crippen LogP contribution in [-0.4, -0.2) is 29.9 Å². The summed E-state index contributed by atoms with van der Waals surface area (Å²) in [7, 11) is 0. The van der Waals surface area contributed by atoms with Gasteiger partial charge in [0, 0.05) is 24.5 Å². The topological polar surface area (TPSA) is 46.3 Å². The molecule has 0 atom stereocenters. The van der Waals surface area contributed by atoms with E-state index in [0.717, 1.165) is 25.8 Å². The van der Waals surface area contributed by atoms with Crippen LogP contribution in [-0.2, 0) is 4.79 Å². The zero-order chi connectivity index (χ0) is 15.3. The lowest BCUT2D eigenvalue weighted by Crippen LogP contribution is -2.50. The van der Waals surface area contributed by atoms with E-state index in [4.69, 9.17) is 5.73 Å². The van der Waals surface area contributed by atoms with Crippen molar-refractivity contribution in [1.82, 2.24) is 4.90 Å². The second kappa shape index (κ2) is 7.62. The summed E-state index contributed by atoms with van der Waals surface area (Å²) in [5.41, 5.74) is 5.75. The molecule has 0 bridgehead atoms. The highest BCUT2D eigenvalue weighted by Crippen LogP contribution is 2.45. The van der Waals surface area contributed by atoms with Gasteiger partial charge in [0.2, 0.25) is 5.91 Å². The number of nitrogens with two attached hydrogens (primary N) is 1. The highest BCUT2D eigenvalue weighted by atomic mass is 16.2. The number of nitrogens with zero attached hydrogens (tertiary/aromatic N) is 1. The smallest absolute Gasteiger partial charge is 0.229 e. The normalized spacial score (nSPS) is 22.7. The van der Waals surface area contributed by atoms with Gasteiger partial charge < -0.3 is 10.6 Å². The van der Waals surface area contributed by atoms with Crippen molar-refractivity contribution >= 4 is 5.91 Å². The Hall–Kier alpha value is -0.570. The first-order chi connectivity index (χ1) is 10.1. The summed E-state index contributed by atoms with van der Waals surface area (Å²) in [5.74, 6) is 1.03. The molecule has 2 aliphatic carbocycles. The van der Waals surface area contributed by atoms with Crippen molar-refractivity contribution in [3.8, 4) is 0 Å². The zero-order valence-corrected chi connectivity index (χ0v) is 14.1. The summed E-state index contributed by atoms with van der Waals surface area (Å²) >= 11 is 0. The Morgan fingerprint density at radius 2 is 1.76 bits per heavy atom. The lowest BCUT2D eigenvalue weighted by molar-refractivity contribution is -0.146. The Morgan fingerprint density at radius 1 is 1.14 bits per heavy atom. The molecule has 122 valence electrons. The maximum absolute atomic E-state index is 13.4. The second-order valence-electron chi connectivity index (χ2n) is 7.66. The summed E-state index contributed by atoms with van der Waals surface area (Å²) in [6.45, 7) is 5.85. The Balaban J connectivity index is 2.14. The first-order valence-electron chi connectivity index (χ1n) is 9.10. The minimum absolute atomic E-state index is 0.0687. The Labute approximate surface area is 130 Å². The van der Waals surface area contributed by atoms with E-state index >= 15 is 0 Å². The standard InChI is InChI=1S/C18H34N2O/c1-15(2)14-18(10-6-7-11-18)17(21)20(13-12-19)16-8-4-3-5-9-16/h15-16H,3-14,19H2,1-2H3. The third-order valence-electron chi connectivity index (χ3n) is 5.46. The molecule has 0 aromatic rings. The number of carbonyl (C=O) groups is 1. The second-order valence-corrected chi connectivity index (χ2v) is 7.66. The van der Waals surface area contributed by atoms with Crippen LogP contribution in [0.1, 0.15) is 78.1 Å². The van der Waals surface area contributed by atoms with E-state index in [0.29, 0.717) is 24.4 Å². The van der Waals surface area contributed by atoms with Gasteiger partial charge in [0.1, 0.15) is 0 Å². The molecule has 21 heavy (non-hydrogen) atoms. The predicted molar refractivity (Wildman–Crippen MR) is 88.0 cm³/mol. The predicted octanol–water partition coefficient (Wildman–Crippen LogP) is 3.71. The number of hydrogen-bond acceptors (Lipinski definition) is 2. The van der Waals surface area contributed by atoms with Gasteiger partial charge >= 0.3 is 0 Å². The molecule has 0 unspecified atom stereocenters. The van der Waals surface area contributed by atoms with Gasteiger partial charge in [0.25, 0.3) is 0 Å². The summed E-state index contributed by atoms with van der Waals surface area (Å²) in [4.78, 5) is 15.5. The fraction of sp³-hybridized carbons (Fsp3) is 0.944. The highest BCUT2D eigenvalue weighted by molar-refractivity contribution is 5.83. The van der Waals surface area contributed by atoms with Crippen LogP contribution >= 0.6 is 0 Å². The minimum atomic E-state index is -0.0687. The molecule has 0 aromatic carbocycles. The van der Waals surface area contributed by atoms with Crippen molar-refractivity contribution in [2.45, 2.75) is 84.1 Å². The van der Waals surface area contributed by atoms with Gasteiger partial charge in [-0.2, -0.15) is 0 Å². The third-order valence-corrected chi connectivity index (χ3v) is 5.46. The van der Waals surface area contributed by atoms with Crippen molar-refractivity contribution in [2.24, 2.45) is 17.1 Å². The summed E-state index contributed by atoms with van der Waals surface area (Å²) in [5, 5.41) is 0. The van der Waals surface area contributed by atoms with E-state index in [9.17, 15) is 4.79 Å². The number of hydrogen-bond donors (Lipinski definition) is 1. The van der Waals surface area contributed by atoms with Gasteiger partial charge in [0.15, 0.2) is 0 Å². The van der Waals surface area contributed by atoms with Crippen LogP contribution in [0.2, 0.25) is 0 Å². The quantitative estimate of drug-likeness (QED) is 0.811. The van der Waals surface area contributed by atoms with Gasteiger partial charge in [-0.3, -0.25) is 4.79 Å². The van der Waals surface area contributed by atoms with E-state index in [1.54, 1.807) is 0 Å². The van der Waals surface area contributed by atoms with Crippen LogP contribution in [0.25, 0.3) is 0 Å². The molecular weight excluding hydrogens is 260 g/mol. The monoisotopic (exact) mass is 294 g/mol. The molecule has 3 nitrogen and oxygen atoms in total. The Kier molecular flexibility index (Phi) is 6.09. The molecule has 0 radical (unpaired) electrons. The zero-order valence-electron chi connectivity index (χ0n) is 14.1. The molecule has 2 aliphatic rings. The largest absolute Gasteiger partial charge is 0.338 e. The van der Waals surface area contributed by atoms with Crippen LogP contribution in [0.4, 0.5) is 0 Å². The van der Waals surface area contributed by atoms with Gasteiger partial charge in [-0.05, 0) is 38.0 Å². The van der Waals surface area contributed by atoms with Gasteiger partial charge in [0.05, 0.1) is 0 Å².